The zero-order valence-electron chi connectivity index (χ0n) is 12.1. The average Bonchev–Trinajstić information content (AvgIpc) is 3.08. The molecule has 0 aliphatic rings. The first-order valence-corrected chi connectivity index (χ1v) is 8.47. The molecular formula is C14H16Cl2N4S. The molecule has 0 bridgehead atoms. The highest BCUT2D eigenvalue weighted by atomic mass is 35.5. The highest BCUT2D eigenvalue weighted by molar-refractivity contribution is 7.16. The third kappa shape index (κ3) is 2.47. The van der Waals surface area contributed by atoms with Gasteiger partial charge in [-0.25, -0.2) is 4.98 Å². The second-order valence-electron chi connectivity index (χ2n) is 5.04. The van der Waals surface area contributed by atoms with Crippen LogP contribution >= 0.6 is 34.5 Å². The van der Waals surface area contributed by atoms with Crippen LogP contribution in [0.2, 0.25) is 4.34 Å². The molecule has 3 heterocycles. The van der Waals surface area contributed by atoms with E-state index in [-0.39, 0.29) is 6.04 Å². The van der Waals surface area contributed by atoms with Crippen molar-refractivity contribution in [1.29, 1.82) is 0 Å². The van der Waals surface area contributed by atoms with E-state index in [0.29, 0.717) is 5.88 Å². The number of aromatic nitrogens is 4. The van der Waals surface area contributed by atoms with Gasteiger partial charge < -0.3 is 4.57 Å². The third-order valence-electron chi connectivity index (χ3n) is 3.62. The van der Waals surface area contributed by atoms with Crippen LogP contribution in [0.1, 0.15) is 29.4 Å². The highest BCUT2D eigenvalue weighted by Crippen LogP contribution is 2.33. The molecule has 0 aliphatic carbocycles. The van der Waals surface area contributed by atoms with Crippen LogP contribution in [-0.4, -0.2) is 25.2 Å². The third-order valence-corrected chi connectivity index (χ3v) is 5.21. The van der Waals surface area contributed by atoms with E-state index in [0.717, 1.165) is 33.4 Å². The van der Waals surface area contributed by atoms with Crippen LogP contribution in [0, 0.1) is 6.92 Å². The Kier molecular flexibility index (Phi) is 3.99. The number of rotatable bonds is 4. The van der Waals surface area contributed by atoms with Crippen molar-refractivity contribution in [2.75, 3.05) is 5.88 Å². The van der Waals surface area contributed by atoms with Crippen LogP contribution in [0.4, 0.5) is 0 Å². The Balaban J connectivity index is 2.20. The lowest BCUT2D eigenvalue weighted by molar-refractivity contribution is 0.607. The second-order valence-corrected chi connectivity index (χ2v) is 7.16. The van der Waals surface area contributed by atoms with Crippen molar-refractivity contribution >= 4 is 45.7 Å². The van der Waals surface area contributed by atoms with Gasteiger partial charge in [-0.2, -0.15) is 5.10 Å². The summed E-state index contributed by atoms with van der Waals surface area (Å²) in [5, 5.41) is 4.47. The first-order valence-electron chi connectivity index (χ1n) is 6.74. The van der Waals surface area contributed by atoms with Crippen molar-refractivity contribution in [3.05, 3.63) is 32.9 Å². The Morgan fingerprint density at radius 3 is 2.76 bits per heavy atom. The predicted octanol–water partition coefficient (Wildman–Crippen LogP) is 4.18. The maximum atomic E-state index is 6.08. The van der Waals surface area contributed by atoms with Gasteiger partial charge in [-0.1, -0.05) is 11.6 Å². The van der Waals surface area contributed by atoms with E-state index in [1.807, 2.05) is 24.7 Å². The number of imidazole rings is 1. The fraction of sp³-hybridized carbons (Fsp3) is 0.429. The summed E-state index contributed by atoms with van der Waals surface area (Å²) < 4.78 is 4.91. The molecule has 4 nitrogen and oxygen atoms in total. The minimum absolute atomic E-state index is 0.153. The summed E-state index contributed by atoms with van der Waals surface area (Å²) in [6.45, 7) is 4.14. The Morgan fingerprint density at radius 2 is 2.14 bits per heavy atom. The van der Waals surface area contributed by atoms with Crippen LogP contribution in [0.3, 0.4) is 0 Å². The van der Waals surface area contributed by atoms with Gasteiger partial charge in [0.25, 0.3) is 0 Å². The molecule has 0 saturated heterocycles. The number of hydrogen-bond donors (Lipinski definition) is 0. The molecule has 0 radical (unpaired) electrons. The Bertz CT molecular complexity index is 786. The monoisotopic (exact) mass is 342 g/mol. The van der Waals surface area contributed by atoms with E-state index in [1.54, 1.807) is 11.3 Å². The van der Waals surface area contributed by atoms with Gasteiger partial charge in [0, 0.05) is 24.2 Å². The number of hydrogen-bond acceptors (Lipinski definition) is 3. The minimum atomic E-state index is 0.153. The molecule has 112 valence electrons. The van der Waals surface area contributed by atoms with Gasteiger partial charge >= 0.3 is 0 Å². The summed E-state index contributed by atoms with van der Waals surface area (Å²) in [5.74, 6) is 1.54. The lowest BCUT2D eigenvalue weighted by Crippen LogP contribution is -2.12. The molecular weight excluding hydrogens is 327 g/mol. The van der Waals surface area contributed by atoms with Gasteiger partial charge in [0.05, 0.1) is 16.1 Å². The van der Waals surface area contributed by atoms with Gasteiger partial charge in [-0.3, -0.25) is 4.68 Å². The molecule has 7 heteroatoms. The van der Waals surface area contributed by atoms with Gasteiger partial charge in [0.15, 0.2) is 5.65 Å². The van der Waals surface area contributed by atoms with E-state index in [2.05, 4.69) is 22.7 Å². The van der Waals surface area contributed by atoms with Crippen LogP contribution in [-0.2, 0) is 13.5 Å². The van der Waals surface area contributed by atoms with Gasteiger partial charge in [0.2, 0.25) is 0 Å². The normalized spacial score (nSPS) is 13.2. The number of thiophene rings is 1. The van der Waals surface area contributed by atoms with E-state index >= 15 is 0 Å². The molecule has 0 saturated carbocycles. The summed E-state index contributed by atoms with van der Waals surface area (Å²) in [4.78, 5) is 5.95. The predicted molar refractivity (Wildman–Crippen MR) is 88.8 cm³/mol. The lowest BCUT2D eigenvalue weighted by Gasteiger charge is -2.16. The van der Waals surface area contributed by atoms with Crippen molar-refractivity contribution < 1.29 is 0 Å². The van der Waals surface area contributed by atoms with Crippen LogP contribution in [0.5, 0.6) is 0 Å². The fourth-order valence-corrected chi connectivity index (χ4v) is 3.96. The number of alkyl halides is 1. The van der Waals surface area contributed by atoms with Crippen molar-refractivity contribution in [2.45, 2.75) is 26.3 Å². The molecule has 0 N–H and O–H groups in total. The lowest BCUT2D eigenvalue weighted by atomic mass is 10.2. The number of nitrogens with zero attached hydrogens (tertiary/aromatic N) is 4. The highest BCUT2D eigenvalue weighted by Gasteiger charge is 2.22. The van der Waals surface area contributed by atoms with Crippen LogP contribution in [0.15, 0.2) is 12.1 Å². The Hall–Kier alpha value is -1.04. The van der Waals surface area contributed by atoms with E-state index in [4.69, 9.17) is 28.2 Å². The van der Waals surface area contributed by atoms with Crippen molar-refractivity contribution in [3.8, 4) is 0 Å². The van der Waals surface area contributed by atoms with Gasteiger partial charge in [-0.05, 0) is 26.0 Å². The molecule has 0 amide bonds. The second kappa shape index (κ2) is 5.63. The van der Waals surface area contributed by atoms with Gasteiger partial charge in [0.1, 0.15) is 11.3 Å². The number of aryl methyl sites for hydroxylation is 3. The van der Waals surface area contributed by atoms with Crippen LogP contribution < -0.4 is 0 Å². The number of halogens is 2. The maximum absolute atomic E-state index is 6.08. The molecule has 21 heavy (non-hydrogen) atoms. The average molecular weight is 343 g/mol. The maximum Gasteiger partial charge on any atom is 0.159 e. The summed E-state index contributed by atoms with van der Waals surface area (Å²) >= 11 is 13.6. The van der Waals surface area contributed by atoms with Crippen molar-refractivity contribution in [2.24, 2.45) is 7.05 Å². The van der Waals surface area contributed by atoms with E-state index in [1.165, 1.54) is 4.88 Å². The van der Waals surface area contributed by atoms with Crippen molar-refractivity contribution in [1.82, 2.24) is 19.3 Å². The zero-order valence-corrected chi connectivity index (χ0v) is 14.4. The molecule has 3 aromatic rings. The Labute approximate surface area is 137 Å². The molecule has 1 atom stereocenters. The summed E-state index contributed by atoms with van der Waals surface area (Å²) in [6.07, 6.45) is 0.735. The topological polar surface area (TPSA) is 35.6 Å². The number of fused-ring (bicyclic) bond motifs is 1. The smallest absolute Gasteiger partial charge is 0.159 e. The largest absolute Gasteiger partial charge is 0.305 e. The van der Waals surface area contributed by atoms with Crippen molar-refractivity contribution in [3.63, 3.8) is 0 Å². The summed E-state index contributed by atoms with van der Waals surface area (Å²) in [5.41, 5.74) is 2.93. The van der Waals surface area contributed by atoms with Gasteiger partial charge in [-0.15, -0.1) is 22.9 Å². The molecule has 0 spiro atoms. The summed E-state index contributed by atoms with van der Waals surface area (Å²) in [6, 6.07) is 4.15. The molecule has 0 fully saturated rings. The standard InChI is InChI=1S/C14H16Cl2N4S/c1-8-13-14(19(3)18-8)20(12(17-13)6-7-15)9(2)10-4-5-11(16)21-10/h4-5,9H,6-7H2,1-3H3. The summed E-state index contributed by atoms with van der Waals surface area (Å²) in [7, 11) is 1.95. The minimum Gasteiger partial charge on any atom is -0.305 e. The Morgan fingerprint density at radius 1 is 1.38 bits per heavy atom. The quantitative estimate of drug-likeness (QED) is 0.666. The SMILES string of the molecule is Cc1nn(C)c2c1nc(CCCl)n2C(C)c1ccc(Cl)s1. The molecule has 0 aromatic carbocycles. The molecule has 3 aromatic heterocycles. The zero-order chi connectivity index (χ0) is 15.1. The first-order chi connectivity index (χ1) is 10.0. The molecule has 1 unspecified atom stereocenters. The molecule has 3 rings (SSSR count). The van der Waals surface area contributed by atoms with Crippen LogP contribution in [0.25, 0.3) is 11.2 Å². The molecule has 0 aliphatic heterocycles. The van der Waals surface area contributed by atoms with E-state index < -0.39 is 0 Å². The van der Waals surface area contributed by atoms with E-state index in [9.17, 15) is 0 Å². The first kappa shape index (κ1) is 14.9. The fourth-order valence-electron chi connectivity index (χ4n) is 2.69.